The Bertz CT molecular complexity index is 827. The minimum absolute atomic E-state index is 0.0251. The molecule has 4 rings (SSSR count). The predicted octanol–water partition coefficient (Wildman–Crippen LogP) is 2.90. The van der Waals surface area contributed by atoms with Crippen LogP contribution in [-0.4, -0.2) is 61.4 Å². The first-order valence-electron chi connectivity index (χ1n) is 9.63. The van der Waals surface area contributed by atoms with Gasteiger partial charge < -0.3 is 14.2 Å². The van der Waals surface area contributed by atoms with Crippen LogP contribution in [-0.2, 0) is 14.2 Å². The van der Waals surface area contributed by atoms with Crippen LogP contribution in [0.1, 0.15) is 52.3 Å². The molecule has 2 aromatic heterocycles. The Kier molecular flexibility index (Phi) is 5.13. The number of aromatic nitrogens is 5. The van der Waals surface area contributed by atoms with Gasteiger partial charge in [0.05, 0.1) is 17.8 Å². The lowest BCUT2D eigenvalue weighted by Crippen LogP contribution is -2.31. The number of aryl methyl sites for hydroxylation is 1. The van der Waals surface area contributed by atoms with E-state index in [2.05, 4.69) is 22.2 Å². The second kappa shape index (κ2) is 7.27. The van der Waals surface area contributed by atoms with E-state index in [-0.39, 0.29) is 24.4 Å². The van der Waals surface area contributed by atoms with Crippen LogP contribution >= 0.6 is 11.8 Å². The highest BCUT2D eigenvalue weighted by Gasteiger charge is 2.55. The van der Waals surface area contributed by atoms with Gasteiger partial charge in [-0.3, -0.25) is 0 Å². The maximum Gasteiger partial charge on any atom is 0.189 e. The lowest BCUT2D eigenvalue weighted by atomic mass is 10.2. The van der Waals surface area contributed by atoms with E-state index >= 15 is 0 Å². The van der Waals surface area contributed by atoms with Gasteiger partial charge in [0.2, 0.25) is 0 Å². The summed E-state index contributed by atoms with van der Waals surface area (Å²) in [5, 5.41) is 9.54. The molecular weight excluding hydrogens is 366 g/mol. The fraction of sp³-hybridized carbons (Fsp3) is 0.778. The second-order valence-corrected chi connectivity index (χ2v) is 8.57. The maximum absolute atomic E-state index is 6.22. The minimum Gasteiger partial charge on any atom is -0.376 e. The summed E-state index contributed by atoms with van der Waals surface area (Å²) in [5.74, 6) is 0.352. The Hall–Kier alpha value is -1.29. The van der Waals surface area contributed by atoms with E-state index in [4.69, 9.17) is 19.2 Å². The molecule has 0 N–H and O–H groups in total. The zero-order valence-electron chi connectivity index (χ0n) is 16.5. The molecule has 0 spiro atoms. The first kappa shape index (κ1) is 19.0. The summed E-state index contributed by atoms with van der Waals surface area (Å²) in [5.41, 5.74) is 2.35. The van der Waals surface area contributed by atoms with Gasteiger partial charge in [0.25, 0.3) is 0 Å². The third-order valence-electron chi connectivity index (χ3n) is 4.99. The van der Waals surface area contributed by atoms with Crippen molar-refractivity contribution in [1.82, 2.24) is 25.0 Å². The molecule has 1 saturated carbocycles. The fourth-order valence-electron chi connectivity index (χ4n) is 3.94. The number of hydrogen-bond donors (Lipinski definition) is 0. The van der Waals surface area contributed by atoms with Crippen molar-refractivity contribution in [2.45, 2.75) is 82.8 Å². The topological polar surface area (TPSA) is 84.2 Å². The number of fused-ring (bicyclic) bond motifs is 2. The molecule has 9 heteroatoms. The van der Waals surface area contributed by atoms with Crippen molar-refractivity contribution < 1.29 is 14.2 Å². The second-order valence-electron chi connectivity index (χ2n) is 7.51. The van der Waals surface area contributed by atoms with Crippen LogP contribution in [0.5, 0.6) is 0 Å². The average molecular weight is 394 g/mol. The van der Waals surface area contributed by atoms with Crippen LogP contribution in [0, 0.1) is 6.92 Å². The minimum atomic E-state index is -0.632. The van der Waals surface area contributed by atoms with Crippen molar-refractivity contribution in [3.63, 3.8) is 0 Å². The number of hydrogen-bond acceptors (Lipinski definition) is 8. The molecule has 3 heterocycles. The molecule has 0 unspecified atom stereocenters. The summed E-state index contributed by atoms with van der Waals surface area (Å²) in [4.78, 5) is 9.32. The van der Waals surface area contributed by atoms with E-state index in [0.717, 1.165) is 40.6 Å². The molecule has 2 aromatic rings. The van der Waals surface area contributed by atoms with Gasteiger partial charge in [-0.1, -0.05) is 23.9 Å². The number of rotatable bonds is 6. The van der Waals surface area contributed by atoms with Gasteiger partial charge in [0.1, 0.15) is 12.2 Å². The molecule has 1 aliphatic carbocycles. The molecule has 148 valence electrons. The third-order valence-corrected chi connectivity index (χ3v) is 6.04. The van der Waals surface area contributed by atoms with Gasteiger partial charge in [-0.2, -0.15) is 0 Å². The van der Waals surface area contributed by atoms with Crippen molar-refractivity contribution in [1.29, 1.82) is 0 Å². The number of ether oxygens (including phenoxy) is 3. The maximum atomic E-state index is 6.22. The monoisotopic (exact) mass is 393 g/mol. The van der Waals surface area contributed by atoms with Crippen molar-refractivity contribution in [3.8, 4) is 0 Å². The molecule has 1 saturated heterocycles. The Morgan fingerprint density at radius 2 is 2.00 bits per heavy atom. The van der Waals surface area contributed by atoms with Crippen LogP contribution in [0.2, 0.25) is 0 Å². The fourth-order valence-corrected chi connectivity index (χ4v) is 4.68. The smallest absolute Gasteiger partial charge is 0.189 e. The lowest BCUT2D eigenvalue weighted by molar-refractivity contribution is -0.170. The highest BCUT2D eigenvalue weighted by molar-refractivity contribution is 7.99. The van der Waals surface area contributed by atoms with Gasteiger partial charge in [-0.05, 0) is 34.1 Å². The van der Waals surface area contributed by atoms with Gasteiger partial charge >= 0.3 is 0 Å². The highest BCUT2D eigenvalue weighted by atomic mass is 32.2. The van der Waals surface area contributed by atoms with Gasteiger partial charge in [-0.25, -0.2) is 14.6 Å². The van der Waals surface area contributed by atoms with Crippen molar-refractivity contribution in [2.75, 3.05) is 12.4 Å². The van der Waals surface area contributed by atoms with Gasteiger partial charge in [0.15, 0.2) is 22.1 Å². The number of nitrogens with zero attached hydrogens (tertiary/aromatic N) is 5. The zero-order valence-corrected chi connectivity index (χ0v) is 17.3. The Morgan fingerprint density at radius 1 is 1.22 bits per heavy atom. The quantitative estimate of drug-likeness (QED) is 0.547. The largest absolute Gasteiger partial charge is 0.376 e. The highest BCUT2D eigenvalue weighted by Crippen LogP contribution is 2.45. The molecule has 8 nitrogen and oxygen atoms in total. The lowest BCUT2D eigenvalue weighted by Gasteiger charge is -2.23. The summed E-state index contributed by atoms with van der Waals surface area (Å²) < 4.78 is 20.2. The van der Waals surface area contributed by atoms with Crippen LogP contribution in [0.3, 0.4) is 0 Å². The average Bonchev–Trinajstić information content (AvgIpc) is 3.25. The molecule has 0 amide bonds. The SMILES string of the molecule is CCCSc1nc(C)c2nnn([C@@H]3C[C@H](OCC)[C@H]4OC(C)(C)O[C@H]43)c2n1. The normalized spacial score (nSPS) is 29.5. The van der Waals surface area contributed by atoms with E-state index in [0.29, 0.717) is 6.61 Å². The van der Waals surface area contributed by atoms with E-state index in [1.54, 1.807) is 11.8 Å². The predicted molar refractivity (Wildman–Crippen MR) is 102 cm³/mol. The van der Waals surface area contributed by atoms with E-state index in [1.807, 2.05) is 32.4 Å². The molecular formula is C18H27N5O3S. The van der Waals surface area contributed by atoms with Crippen LogP contribution < -0.4 is 0 Å². The van der Waals surface area contributed by atoms with Crippen molar-refractivity contribution >= 4 is 22.9 Å². The zero-order chi connectivity index (χ0) is 19.2. The molecule has 27 heavy (non-hydrogen) atoms. The molecule has 4 atom stereocenters. The van der Waals surface area contributed by atoms with E-state index in [1.165, 1.54) is 0 Å². The summed E-state index contributed by atoms with van der Waals surface area (Å²) in [6, 6.07) is -0.0309. The third kappa shape index (κ3) is 3.46. The molecule has 2 aliphatic rings. The summed E-state index contributed by atoms with van der Waals surface area (Å²) in [6.45, 7) is 10.6. The van der Waals surface area contributed by atoms with Gasteiger partial charge in [-0.15, -0.1) is 5.10 Å². The molecule has 0 bridgehead atoms. The van der Waals surface area contributed by atoms with Crippen LogP contribution in [0.25, 0.3) is 11.2 Å². The standard InChI is InChI=1S/C18H27N5O3S/c1-6-8-27-17-19-10(3)13-16(20-17)23(22-21-13)11-9-12(24-7-2)15-14(11)25-18(4,5)26-15/h11-12,14-15H,6-9H2,1-5H3/t11-,12+,14+,15-/m1/s1. The summed E-state index contributed by atoms with van der Waals surface area (Å²) in [6.07, 6.45) is 1.57. The van der Waals surface area contributed by atoms with E-state index < -0.39 is 5.79 Å². The van der Waals surface area contributed by atoms with E-state index in [9.17, 15) is 0 Å². The molecule has 2 fully saturated rings. The Balaban J connectivity index is 1.71. The molecule has 0 aromatic carbocycles. The van der Waals surface area contributed by atoms with Crippen molar-refractivity contribution in [2.24, 2.45) is 0 Å². The summed E-state index contributed by atoms with van der Waals surface area (Å²) in [7, 11) is 0. The summed E-state index contributed by atoms with van der Waals surface area (Å²) >= 11 is 1.66. The first-order chi connectivity index (χ1) is 12.9. The number of thioether (sulfide) groups is 1. The van der Waals surface area contributed by atoms with Crippen LogP contribution in [0.15, 0.2) is 5.16 Å². The molecule has 0 radical (unpaired) electrons. The van der Waals surface area contributed by atoms with Crippen molar-refractivity contribution in [3.05, 3.63) is 5.69 Å². The molecule has 1 aliphatic heterocycles. The Morgan fingerprint density at radius 3 is 2.74 bits per heavy atom. The van der Waals surface area contributed by atoms with Gasteiger partial charge in [0, 0.05) is 18.8 Å². The van der Waals surface area contributed by atoms with Crippen LogP contribution in [0.4, 0.5) is 0 Å². The Labute approximate surface area is 163 Å². The first-order valence-corrected chi connectivity index (χ1v) is 10.6.